The van der Waals surface area contributed by atoms with Crippen LogP contribution in [0.2, 0.25) is 5.02 Å². The number of nitrogens with one attached hydrogen (secondary N) is 2. The lowest BCUT2D eigenvalue weighted by Crippen LogP contribution is -2.31. The van der Waals surface area contributed by atoms with Crippen LogP contribution in [0.3, 0.4) is 0 Å². The van der Waals surface area contributed by atoms with Crippen LogP contribution in [0, 0.1) is 5.82 Å². The molecule has 1 aromatic carbocycles. The molecule has 2 atom stereocenters. The molecule has 138 valence electrons. The number of urea groups is 1. The fourth-order valence-corrected chi connectivity index (χ4v) is 3.78. The largest absolute Gasteiger partial charge is 0.494 e. The molecule has 8 heteroatoms. The van der Waals surface area contributed by atoms with Crippen LogP contribution in [0.4, 0.5) is 15.0 Å². The standard InChI is InChI=1S/C18H18BrClFN3O2/c1-3-9-4-5-11(21)15(16(9)20)10-8-12(10)22-18(25)24-14-7-6-13(26-2)17(19)23-14/h4-7,10,12H,3,8H2,1-2H3,(H2,22,23,24,25). The molecule has 1 aliphatic rings. The van der Waals surface area contributed by atoms with Gasteiger partial charge in [0.2, 0.25) is 0 Å². The Balaban J connectivity index is 1.63. The van der Waals surface area contributed by atoms with Crippen LogP contribution >= 0.6 is 27.5 Å². The molecule has 0 radical (unpaired) electrons. The first-order valence-electron chi connectivity index (χ1n) is 8.19. The molecule has 2 unspecified atom stereocenters. The van der Waals surface area contributed by atoms with Crippen LogP contribution in [0.1, 0.15) is 30.4 Å². The molecular weight excluding hydrogens is 425 g/mol. The van der Waals surface area contributed by atoms with Gasteiger partial charge in [-0.05, 0) is 52.5 Å². The summed E-state index contributed by atoms with van der Waals surface area (Å²) in [5.74, 6) is 0.502. The number of halogens is 3. The summed E-state index contributed by atoms with van der Waals surface area (Å²) in [5.41, 5.74) is 1.40. The van der Waals surface area contributed by atoms with Gasteiger partial charge in [0.1, 0.15) is 16.2 Å². The summed E-state index contributed by atoms with van der Waals surface area (Å²) in [7, 11) is 1.53. The highest BCUT2D eigenvalue weighted by Crippen LogP contribution is 2.46. The predicted octanol–water partition coefficient (Wildman–Crippen LogP) is 4.89. The summed E-state index contributed by atoms with van der Waals surface area (Å²) >= 11 is 9.60. The SMILES string of the molecule is CCc1ccc(F)c(C2CC2NC(=O)Nc2ccc(OC)c(Br)n2)c1Cl. The van der Waals surface area contributed by atoms with Crippen LogP contribution in [-0.4, -0.2) is 24.2 Å². The van der Waals surface area contributed by atoms with E-state index in [9.17, 15) is 9.18 Å². The van der Waals surface area contributed by atoms with Crippen LogP contribution in [0.5, 0.6) is 5.75 Å². The second-order valence-electron chi connectivity index (χ2n) is 6.02. The number of anilines is 1. The average Bonchev–Trinajstić information content (AvgIpc) is 3.33. The zero-order valence-corrected chi connectivity index (χ0v) is 16.6. The average molecular weight is 443 g/mol. The molecule has 1 aromatic heterocycles. The van der Waals surface area contributed by atoms with Gasteiger partial charge in [0.25, 0.3) is 0 Å². The summed E-state index contributed by atoms with van der Waals surface area (Å²) in [6, 6.07) is 5.91. The van der Waals surface area contributed by atoms with Gasteiger partial charge in [-0.1, -0.05) is 24.6 Å². The number of nitrogens with zero attached hydrogens (tertiary/aromatic N) is 1. The fraction of sp³-hybridized carbons (Fsp3) is 0.333. The first kappa shape index (κ1) is 18.9. The predicted molar refractivity (Wildman–Crippen MR) is 103 cm³/mol. The number of ether oxygens (including phenoxy) is 1. The molecule has 3 rings (SSSR count). The van der Waals surface area contributed by atoms with E-state index in [1.165, 1.54) is 13.2 Å². The van der Waals surface area contributed by atoms with Crippen molar-refractivity contribution < 1.29 is 13.9 Å². The molecule has 2 amide bonds. The van der Waals surface area contributed by atoms with Crippen molar-refractivity contribution in [2.24, 2.45) is 0 Å². The lowest BCUT2D eigenvalue weighted by Gasteiger charge is -2.11. The summed E-state index contributed by atoms with van der Waals surface area (Å²) in [5, 5.41) is 5.95. The maximum absolute atomic E-state index is 14.2. The zero-order chi connectivity index (χ0) is 18.8. The van der Waals surface area contributed by atoms with Gasteiger partial charge in [-0.25, -0.2) is 14.2 Å². The van der Waals surface area contributed by atoms with Crippen molar-refractivity contribution in [2.75, 3.05) is 12.4 Å². The van der Waals surface area contributed by atoms with E-state index in [0.29, 0.717) is 33.2 Å². The highest BCUT2D eigenvalue weighted by Gasteiger charge is 2.42. The van der Waals surface area contributed by atoms with Gasteiger partial charge in [0.05, 0.1) is 12.1 Å². The molecule has 0 saturated heterocycles. The minimum absolute atomic E-state index is 0.115. The van der Waals surface area contributed by atoms with E-state index in [1.54, 1.807) is 18.2 Å². The molecule has 0 aliphatic heterocycles. The van der Waals surface area contributed by atoms with E-state index in [-0.39, 0.29) is 17.8 Å². The number of pyridine rings is 1. The number of aryl methyl sites for hydroxylation is 1. The highest BCUT2D eigenvalue weighted by atomic mass is 79.9. The topological polar surface area (TPSA) is 63.2 Å². The van der Waals surface area contributed by atoms with Crippen LogP contribution < -0.4 is 15.4 Å². The summed E-state index contributed by atoms with van der Waals surface area (Å²) in [4.78, 5) is 16.3. The summed E-state index contributed by atoms with van der Waals surface area (Å²) in [6.45, 7) is 1.97. The molecule has 1 saturated carbocycles. The van der Waals surface area contributed by atoms with Crippen LogP contribution in [0.25, 0.3) is 0 Å². The Morgan fingerprint density at radius 3 is 2.85 bits per heavy atom. The van der Waals surface area contributed by atoms with Gasteiger partial charge >= 0.3 is 6.03 Å². The van der Waals surface area contributed by atoms with Gasteiger partial charge in [0, 0.05) is 17.5 Å². The zero-order valence-electron chi connectivity index (χ0n) is 14.3. The van der Waals surface area contributed by atoms with E-state index in [1.807, 2.05) is 6.92 Å². The number of benzene rings is 1. The molecule has 2 aromatic rings. The molecule has 1 heterocycles. The molecular formula is C18H18BrClFN3O2. The smallest absolute Gasteiger partial charge is 0.320 e. The van der Waals surface area contributed by atoms with Gasteiger partial charge in [-0.3, -0.25) is 5.32 Å². The maximum atomic E-state index is 14.2. The normalized spacial score (nSPS) is 18.3. The van der Waals surface area contributed by atoms with Crippen molar-refractivity contribution in [1.29, 1.82) is 0 Å². The molecule has 0 bridgehead atoms. The van der Waals surface area contributed by atoms with Gasteiger partial charge in [0.15, 0.2) is 5.75 Å². The van der Waals surface area contributed by atoms with Gasteiger partial charge in [-0.15, -0.1) is 0 Å². The monoisotopic (exact) mass is 441 g/mol. The van der Waals surface area contributed by atoms with Crippen LogP contribution in [0.15, 0.2) is 28.9 Å². The second kappa shape index (κ2) is 7.80. The van der Waals surface area contributed by atoms with Crippen molar-refractivity contribution >= 4 is 39.4 Å². The number of aromatic nitrogens is 1. The molecule has 0 spiro atoms. The van der Waals surface area contributed by atoms with E-state index < -0.39 is 6.03 Å². The molecule has 2 N–H and O–H groups in total. The Morgan fingerprint density at radius 2 is 2.19 bits per heavy atom. The van der Waals surface area contributed by atoms with Crippen molar-refractivity contribution in [3.05, 3.63) is 50.8 Å². The Morgan fingerprint density at radius 1 is 1.42 bits per heavy atom. The number of carbonyl (C=O) groups is 1. The minimum Gasteiger partial charge on any atom is -0.494 e. The van der Waals surface area contributed by atoms with E-state index >= 15 is 0 Å². The van der Waals surface area contributed by atoms with E-state index in [2.05, 4.69) is 31.5 Å². The number of amides is 2. The lowest BCUT2D eigenvalue weighted by atomic mass is 10.0. The summed E-state index contributed by atoms with van der Waals surface area (Å²) in [6.07, 6.45) is 1.38. The first-order chi connectivity index (χ1) is 12.4. The third kappa shape index (κ3) is 3.94. The first-order valence-corrected chi connectivity index (χ1v) is 9.36. The number of rotatable bonds is 5. The fourth-order valence-electron chi connectivity index (χ4n) is 2.87. The number of methoxy groups -OCH3 is 1. The molecule has 26 heavy (non-hydrogen) atoms. The quantitative estimate of drug-likeness (QED) is 0.648. The molecule has 1 aliphatic carbocycles. The Kier molecular flexibility index (Phi) is 5.67. The number of hydrogen-bond acceptors (Lipinski definition) is 3. The second-order valence-corrected chi connectivity index (χ2v) is 7.15. The van der Waals surface area contributed by atoms with Gasteiger partial charge in [-0.2, -0.15) is 0 Å². The van der Waals surface area contributed by atoms with E-state index in [0.717, 1.165) is 12.0 Å². The van der Waals surface area contributed by atoms with Gasteiger partial charge < -0.3 is 10.1 Å². The van der Waals surface area contributed by atoms with Crippen molar-refractivity contribution in [1.82, 2.24) is 10.3 Å². The summed E-state index contributed by atoms with van der Waals surface area (Å²) < 4.78 is 19.8. The third-order valence-corrected chi connectivity index (χ3v) is 5.36. The van der Waals surface area contributed by atoms with Crippen molar-refractivity contribution in [3.63, 3.8) is 0 Å². The number of hydrogen-bond donors (Lipinski definition) is 2. The maximum Gasteiger partial charge on any atom is 0.320 e. The highest BCUT2D eigenvalue weighted by molar-refractivity contribution is 9.10. The molecule has 1 fully saturated rings. The minimum atomic E-state index is -0.398. The van der Waals surface area contributed by atoms with Crippen LogP contribution in [-0.2, 0) is 6.42 Å². The third-order valence-electron chi connectivity index (χ3n) is 4.34. The van der Waals surface area contributed by atoms with E-state index in [4.69, 9.17) is 16.3 Å². The Hall–Kier alpha value is -1.86. The van der Waals surface area contributed by atoms with Crippen molar-refractivity contribution in [3.8, 4) is 5.75 Å². The molecule has 5 nitrogen and oxygen atoms in total. The number of carbonyl (C=O) groups excluding carboxylic acids is 1. The Bertz CT molecular complexity index is 849. The Labute approximate surface area is 164 Å². The lowest BCUT2D eigenvalue weighted by molar-refractivity contribution is 0.251. The van der Waals surface area contributed by atoms with Crippen molar-refractivity contribution in [2.45, 2.75) is 31.7 Å².